The van der Waals surface area contributed by atoms with Crippen molar-refractivity contribution in [2.24, 2.45) is 9.98 Å². The molecular formula is C25H34N2Ni. The Bertz CT molecular complexity index is 794. The third kappa shape index (κ3) is 8.11. The van der Waals surface area contributed by atoms with Crippen molar-refractivity contribution < 1.29 is 16.5 Å². The standard InChI is InChI=1S/C25H34N2.Ni/c1-7-8-9-10-11-25(27-24-16-20(4)13-21(5)17-24)22(6)26-23-14-18(2)12-19(3)15-23;/h12-17H,7-11H2,1-6H3;/b26-22+,27-25+;. The SMILES string of the molecule is CCCCCCC(=N\c1cc(C)cc(C)c1)/C(C)=N/c1cc(C)cc(C)c1.[Ni]. The smallest absolute Gasteiger partial charge is 0.0639 e. The molecule has 0 fully saturated rings. The van der Waals surface area contributed by atoms with E-state index in [1.54, 1.807) is 0 Å². The average Bonchev–Trinajstić information content (AvgIpc) is 2.55. The quantitative estimate of drug-likeness (QED) is 0.237. The summed E-state index contributed by atoms with van der Waals surface area (Å²) in [5.41, 5.74) is 9.19. The molecule has 0 aliphatic heterocycles. The van der Waals surface area contributed by atoms with E-state index in [0.29, 0.717) is 0 Å². The van der Waals surface area contributed by atoms with Gasteiger partial charge in [-0.2, -0.15) is 0 Å². The summed E-state index contributed by atoms with van der Waals surface area (Å²) in [5.74, 6) is 0. The zero-order valence-corrected chi connectivity index (χ0v) is 19.2. The van der Waals surface area contributed by atoms with Gasteiger partial charge in [0.2, 0.25) is 0 Å². The van der Waals surface area contributed by atoms with Crippen LogP contribution in [0.3, 0.4) is 0 Å². The van der Waals surface area contributed by atoms with Crippen molar-refractivity contribution in [1.82, 2.24) is 0 Å². The Labute approximate surface area is 181 Å². The van der Waals surface area contributed by atoms with Gasteiger partial charge in [0.25, 0.3) is 0 Å². The maximum absolute atomic E-state index is 5.00. The third-order valence-electron chi connectivity index (χ3n) is 4.66. The molecule has 0 amide bonds. The first-order valence-corrected chi connectivity index (χ1v) is 10.2. The monoisotopic (exact) mass is 420 g/mol. The number of unbranched alkanes of at least 4 members (excludes halogenated alkanes) is 3. The number of nitrogens with zero attached hydrogens (tertiary/aromatic N) is 2. The minimum Gasteiger partial charge on any atom is -0.252 e. The van der Waals surface area contributed by atoms with Crippen molar-refractivity contribution in [2.45, 2.75) is 73.6 Å². The maximum Gasteiger partial charge on any atom is 0.0639 e. The molecule has 0 saturated heterocycles. The Hall–Kier alpha value is -1.73. The van der Waals surface area contributed by atoms with Gasteiger partial charge in [-0.25, -0.2) is 0 Å². The molecule has 0 aliphatic carbocycles. The second-order valence-electron chi connectivity index (χ2n) is 7.76. The molecule has 0 atom stereocenters. The fourth-order valence-corrected chi connectivity index (χ4v) is 3.48. The molecule has 0 aromatic heterocycles. The molecule has 0 aliphatic rings. The predicted octanol–water partition coefficient (Wildman–Crippen LogP) is 7.75. The van der Waals surface area contributed by atoms with Crippen LogP contribution < -0.4 is 0 Å². The molecule has 0 N–H and O–H groups in total. The summed E-state index contributed by atoms with van der Waals surface area (Å²) in [5, 5.41) is 0. The molecule has 0 radical (unpaired) electrons. The van der Waals surface area contributed by atoms with Gasteiger partial charge in [0.1, 0.15) is 0 Å². The molecule has 2 aromatic rings. The summed E-state index contributed by atoms with van der Waals surface area (Å²) in [7, 11) is 0. The zero-order valence-electron chi connectivity index (χ0n) is 18.2. The topological polar surface area (TPSA) is 24.7 Å². The van der Waals surface area contributed by atoms with Crippen LogP contribution in [0.2, 0.25) is 0 Å². The fourth-order valence-electron chi connectivity index (χ4n) is 3.48. The Morgan fingerprint density at radius 1 is 0.679 bits per heavy atom. The molecule has 2 rings (SSSR count). The molecular weight excluding hydrogens is 387 g/mol. The summed E-state index contributed by atoms with van der Waals surface area (Å²) in [4.78, 5) is 9.91. The van der Waals surface area contributed by atoms with Crippen LogP contribution in [0.4, 0.5) is 11.4 Å². The summed E-state index contributed by atoms with van der Waals surface area (Å²) >= 11 is 0. The first-order chi connectivity index (χ1) is 12.9. The molecule has 0 bridgehead atoms. The molecule has 2 nitrogen and oxygen atoms in total. The van der Waals surface area contributed by atoms with E-state index in [4.69, 9.17) is 9.98 Å². The molecule has 2 aromatic carbocycles. The van der Waals surface area contributed by atoms with Crippen LogP contribution in [0.1, 0.15) is 68.2 Å². The predicted molar refractivity (Wildman–Crippen MR) is 120 cm³/mol. The van der Waals surface area contributed by atoms with Crippen LogP contribution in [0.5, 0.6) is 0 Å². The van der Waals surface area contributed by atoms with E-state index in [2.05, 4.69) is 77.9 Å². The Balaban J connectivity index is 0.00000392. The summed E-state index contributed by atoms with van der Waals surface area (Å²) < 4.78 is 0. The summed E-state index contributed by atoms with van der Waals surface area (Å²) in [6, 6.07) is 13.0. The van der Waals surface area contributed by atoms with Gasteiger partial charge in [-0.3, -0.25) is 9.98 Å². The van der Waals surface area contributed by atoms with Gasteiger partial charge < -0.3 is 0 Å². The molecule has 0 unspecified atom stereocenters. The van der Waals surface area contributed by atoms with Gasteiger partial charge >= 0.3 is 0 Å². The van der Waals surface area contributed by atoms with Crippen LogP contribution in [0.15, 0.2) is 46.4 Å². The average molecular weight is 421 g/mol. The van der Waals surface area contributed by atoms with Crippen molar-refractivity contribution >= 4 is 22.8 Å². The minimum absolute atomic E-state index is 0. The molecule has 0 spiro atoms. The van der Waals surface area contributed by atoms with E-state index >= 15 is 0 Å². The van der Waals surface area contributed by atoms with Crippen LogP contribution >= 0.6 is 0 Å². The molecule has 28 heavy (non-hydrogen) atoms. The van der Waals surface area contributed by atoms with Crippen LogP contribution in [0.25, 0.3) is 0 Å². The normalized spacial score (nSPS) is 12.1. The van der Waals surface area contributed by atoms with E-state index in [-0.39, 0.29) is 16.5 Å². The fraction of sp³-hybridized carbons (Fsp3) is 0.440. The van der Waals surface area contributed by atoms with Gasteiger partial charge in [0, 0.05) is 16.5 Å². The van der Waals surface area contributed by atoms with E-state index in [9.17, 15) is 0 Å². The maximum atomic E-state index is 5.00. The van der Waals surface area contributed by atoms with Gasteiger partial charge in [-0.1, -0.05) is 38.3 Å². The summed E-state index contributed by atoms with van der Waals surface area (Å²) in [6.07, 6.45) is 5.92. The second kappa shape index (κ2) is 12.0. The van der Waals surface area contributed by atoms with Crippen LogP contribution in [-0.2, 0) is 16.5 Å². The first kappa shape index (κ1) is 24.3. The van der Waals surface area contributed by atoms with Crippen molar-refractivity contribution in [2.75, 3.05) is 0 Å². The molecule has 0 heterocycles. The number of benzene rings is 2. The molecule has 154 valence electrons. The van der Waals surface area contributed by atoms with Crippen molar-refractivity contribution in [3.05, 3.63) is 58.7 Å². The van der Waals surface area contributed by atoms with E-state index in [1.165, 1.54) is 41.5 Å². The minimum atomic E-state index is 0. The summed E-state index contributed by atoms with van der Waals surface area (Å²) in [6.45, 7) is 12.8. The van der Waals surface area contributed by atoms with Crippen LogP contribution in [-0.4, -0.2) is 11.4 Å². The van der Waals surface area contributed by atoms with Crippen molar-refractivity contribution in [3.8, 4) is 0 Å². The number of rotatable bonds is 8. The van der Waals surface area contributed by atoms with Gasteiger partial charge in [0.05, 0.1) is 22.8 Å². The van der Waals surface area contributed by atoms with Crippen LogP contribution in [0, 0.1) is 27.7 Å². The number of aryl methyl sites for hydroxylation is 4. The van der Waals surface area contributed by atoms with Crippen molar-refractivity contribution in [1.29, 1.82) is 0 Å². The van der Waals surface area contributed by atoms with Gasteiger partial charge in [-0.05, 0) is 94.0 Å². The molecule has 3 heteroatoms. The Morgan fingerprint density at radius 2 is 1.14 bits per heavy atom. The Morgan fingerprint density at radius 3 is 1.61 bits per heavy atom. The number of aliphatic imine (C=N–C) groups is 2. The van der Waals surface area contributed by atoms with E-state index in [1.807, 2.05) is 0 Å². The number of hydrogen-bond donors (Lipinski definition) is 0. The number of hydrogen-bond acceptors (Lipinski definition) is 2. The molecule has 0 saturated carbocycles. The van der Waals surface area contributed by atoms with Crippen molar-refractivity contribution in [3.63, 3.8) is 0 Å². The first-order valence-electron chi connectivity index (χ1n) is 10.2. The van der Waals surface area contributed by atoms with Gasteiger partial charge in [-0.15, -0.1) is 0 Å². The largest absolute Gasteiger partial charge is 0.252 e. The zero-order chi connectivity index (χ0) is 19.8. The Kier molecular flexibility index (Phi) is 10.4. The van der Waals surface area contributed by atoms with E-state index in [0.717, 1.165) is 35.6 Å². The van der Waals surface area contributed by atoms with E-state index < -0.39 is 0 Å². The van der Waals surface area contributed by atoms with Gasteiger partial charge in [0.15, 0.2) is 0 Å². The third-order valence-corrected chi connectivity index (χ3v) is 4.66. The second-order valence-corrected chi connectivity index (χ2v) is 7.76.